The third kappa shape index (κ3) is 11.3. The molecule has 5 heteroatoms. The van der Waals surface area contributed by atoms with E-state index in [1.807, 2.05) is 6.92 Å². The Balaban J connectivity index is 3.70. The van der Waals surface area contributed by atoms with Gasteiger partial charge < -0.3 is 24.8 Å². The average molecular weight is 276 g/mol. The second-order valence-corrected chi connectivity index (χ2v) is 6.29. The number of rotatable bonds is 11. The van der Waals surface area contributed by atoms with Crippen molar-refractivity contribution in [2.24, 2.45) is 5.41 Å². The summed E-state index contributed by atoms with van der Waals surface area (Å²) in [6.45, 7) is 9.68. The van der Waals surface area contributed by atoms with Gasteiger partial charge in [-0.1, -0.05) is 13.8 Å². The first-order chi connectivity index (χ1) is 8.76. The van der Waals surface area contributed by atoms with Crippen molar-refractivity contribution in [3.8, 4) is 0 Å². The number of hydrogen-bond acceptors (Lipinski definition) is 5. The van der Waals surface area contributed by atoms with Gasteiger partial charge in [0.15, 0.2) is 0 Å². The standard InChI is InChI=1S/C14H32N2O3/c1-12(8-18-6)19-9-13(17)7-15-10-14(2,3)11-16(4)5/h12-13,15,17H,7-11H2,1-6H3. The molecule has 0 aromatic heterocycles. The quantitative estimate of drug-likeness (QED) is 0.578. The lowest BCUT2D eigenvalue weighted by Crippen LogP contribution is -2.41. The highest BCUT2D eigenvalue weighted by atomic mass is 16.5. The Bertz CT molecular complexity index is 223. The highest BCUT2D eigenvalue weighted by molar-refractivity contribution is 4.75. The lowest BCUT2D eigenvalue weighted by atomic mass is 9.93. The topological polar surface area (TPSA) is 54.0 Å². The van der Waals surface area contributed by atoms with Crippen LogP contribution in [0.3, 0.4) is 0 Å². The molecule has 0 bridgehead atoms. The monoisotopic (exact) mass is 276 g/mol. The van der Waals surface area contributed by atoms with Crippen LogP contribution in [0.15, 0.2) is 0 Å². The van der Waals surface area contributed by atoms with Crippen LogP contribution in [0.4, 0.5) is 0 Å². The molecule has 0 heterocycles. The molecule has 0 aliphatic carbocycles. The molecule has 5 nitrogen and oxygen atoms in total. The predicted molar refractivity (Wildman–Crippen MR) is 78.5 cm³/mol. The van der Waals surface area contributed by atoms with E-state index in [2.05, 4.69) is 38.2 Å². The van der Waals surface area contributed by atoms with Gasteiger partial charge in [-0.05, 0) is 26.4 Å². The second-order valence-electron chi connectivity index (χ2n) is 6.29. The third-order valence-corrected chi connectivity index (χ3v) is 2.70. The minimum atomic E-state index is -0.477. The largest absolute Gasteiger partial charge is 0.389 e. The maximum Gasteiger partial charge on any atom is 0.0897 e. The number of aliphatic hydroxyl groups is 1. The molecule has 0 aliphatic heterocycles. The number of aliphatic hydroxyl groups excluding tert-OH is 1. The number of ether oxygens (including phenoxy) is 2. The molecule has 0 spiro atoms. The van der Waals surface area contributed by atoms with Gasteiger partial charge in [-0.3, -0.25) is 0 Å². The summed E-state index contributed by atoms with van der Waals surface area (Å²) >= 11 is 0. The fraction of sp³-hybridized carbons (Fsp3) is 1.00. The highest BCUT2D eigenvalue weighted by Crippen LogP contribution is 2.13. The molecular formula is C14H32N2O3. The number of nitrogens with one attached hydrogen (secondary N) is 1. The Morgan fingerprint density at radius 2 is 1.89 bits per heavy atom. The van der Waals surface area contributed by atoms with E-state index in [-0.39, 0.29) is 11.5 Å². The van der Waals surface area contributed by atoms with Crippen LogP contribution in [-0.4, -0.2) is 76.3 Å². The van der Waals surface area contributed by atoms with Crippen molar-refractivity contribution < 1.29 is 14.6 Å². The van der Waals surface area contributed by atoms with Crippen molar-refractivity contribution in [2.75, 3.05) is 54.1 Å². The fourth-order valence-corrected chi connectivity index (χ4v) is 2.11. The van der Waals surface area contributed by atoms with Gasteiger partial charge in [-0.15, -0.1) is 0 Å². The van der Waals surface area contributed by atoms with Crippen LogP contribution in [0.25, 0.3) is 0 Å². The van der Waals surface area contributed by atoms with Gasteiger partial charge >= 0.3 is 0 Å². The molecule has 116 valence electrons. The molecule has 0 saturated heterocycles. The second kappa shape index (κ2) is 9.66. The van der Waals surface area contributed by atoms with E-state index in [9.17, 15) is 5.11 Å². The Morgan fingerprint density at radius 3 is 2.42 bits per heavy atom. The van der Waals surface area contributed by atoms with E-state index < -0.39 is 6.10 Å². The summed E-state index contributed by atoms with van der Waals surface area (Å²) in [6, 6.07) is 0. The fourth-order valence-electron chi connectivity index (χ4n) is 2.11. The normalized spacial score (nSPS) is 15.8. The zero-order chi connectivity index (χ0) is 14.9. The van der Waals surface area contributed by atoms with E-state index in [0.717, 1.165) is 13.1 Å². The molecule has 0 rings (SSSR count). The Morgan fingerprint density at radius 1 is 1.26 bits per heavy atom. The van der Waals surface area contributed by atoms with E-state index in [1.54, 1.807) is 7.11 Å². The minimum Gasteiger partial charge on any atom is -0.389 e. The third-order valence-electron chi connectivity index (χ3n) is 2.70. The van der Waals surface area contributed by atoms with Crippen molar-refractivity contribution in [3.63, 3.8) is 0 Å². The maximum atomic E-state index is 9.81. The van der Waals surface area contributed by atoms with E-state index in [1.165, 1.54) is 0 Å². The van der Waals surface area contributed by atoms with Crippen molar-refractivity contribution in [3.05, 3.63) is 0 Å². The average Bonchev–Trinajstić information content (AvgIpc) is 2.24. The molecule has 0 fully saturated rings. The van der Waals surface area contributed by atoms with Gasteiger partial charge in [0.05, 0.1) is 25.4 Å². The van der Waals surface area contributed by atoms with E-state index in [0.29, 0.717) is 19.8 Å². The molecule has 0 aliphatic rings. The molecular weight excluding hydrogens is 244 g/mol. The summed E-state index contributed by atoms with van der Waals surface area (Å²) < 4.78 is 10.4. The van der Waals surface area contributed by atoms with Crippen molar-refractivity contribution in [2.45, 2.75) is 33.0 Å². The van der Waals surface area contributed by atoms with Crippen molar-refractivity contribution >= 4 is 0 Å². The van der Waals surface area contributed by atoms with Gasteiger partial charge in [0.25, 0.3) is 0 Å². The van der Waals surface area contributed by atoms with Crippen LogP contribution in [0, 0.1) is 5.41 Å². The number of nitrogens with zero attached hydrogens (tertiary/aromatic N) is 1. The van der Waals surface area contributed by atoms with E-state index >= 15 is 0 Å². The zero-order valence-corrected chi connectivity index (χ0v) is 13.4. The Hall–Kier alpha value is -0.200. The summed E-state index contributed by atoms with van der Waals surface area (Å²) in [5.41, 5.74) is 0.188. The maximum absolute atomic E-state index is 9.81. The van der Waals surface area contributed by atoms with Gasteiger partial charge in [0, 0.05) is 26.7 Å². The zero-order valence-electron chi connectivity index (χ0n) is 13.4. The SMILES string of the molecule is COCC(C)OCC(O)CNCC(C)(C)CN(C)C. The summed E-state index contributed by atoms with van der Waals surface area (Å²) in [7, 11) is 5.79. The van der Waals surface area contributed by atoms with Crippen LogP contribution in [0.1, 0.15) is 20.8 Å². The first kappa shape index (κ1) is 18.8. The van der Waals surface area contributed by atoms with Crippen LogP contribution < -0.4 is 5.32 Å². The van der Waals surface area contributed by atoms with Crippen molar-refractivity contribution in [1.82, 2.24) is 10.2 Å². The lowest BCUT2D eigenvalue weighted by molar-refractivity contribution is -0.0314. The molecule has 2 unspecified atom stereocenters. The molecule has 2 N–H and O–H groups in total. The number of hydrogen-bond donors (Lipinski definition) is 2. The summed E-state index contributed by atoms with van der Waals surface area (Å²) in [4.78, 5) is 2.17. The van der Waals surface area contributed by atoms with Crippen LogP contribution >= 0.6 is 0 Å². The molecule has 2 atom stereocenters. The molecule has 0 aromatic rings. The Labute approximate surface area is 118 Å². The summed E-state index contributed by atoms with van der Waals surface area (Å²) in [6.07, 6.45) is -0.459. The van der Waals surface area contributed by atoms with Crippen molar-refractivity contribution in [1.29, 1.82) is 0 Å². The minimum absolute atomic E-state index is 0.0184. The number of methoxy groups -OCH3 is 1. The summed E-state index contributed by atoms with van der Waals surface area (Å²) in [5, 5.41) is 13.1. The first-order valence-electron chi connectivity index (χ1n) is 6.91. The van der Waals surface area contributed by atoms with E-state index in [4.69, 9.17) is 9.47 Å². The van der Waals surface area contributed by atoms with Gasteiger partial charge in [0.1, 0.15) is 0 Å². The van der Waals surface area contributed by atoms with Gasteiger partial charge in [-0.2, -0.15) is 0 Å². The first-order valence-corrected chi connectivity index (χ1v) is 6.91. The smallest absolute Gasteiger partial charge is 0.0897 e. The van der Waals surface area contributed by atoms with Crippen LogP contribution in [0.5, 0.6) is 0 Å². The highest BCUT2D eigenvalue weighted by Gasteiger charge is 2.18. The summed E-state index contributed by atoms with van der Waals surface area (Å²) in [5.74, 6) is 0. The molecule has 0 aromatic carbocycles. The molecule has 0 amide bonds. The van der Waals surface area contributed by atoms with Crippen LogP contribution in [0.2, 0.25) is 0 Å². The van der Waals surface area contributed by atoms with Crippen LogP contribution in [-0.2, 0) is 9.47 Å². The molecule has 0 saturated carbocycles. The molecule has 19 heavy (non-hydrogen) atoms. The lowest BCUT2D eigenvalue weighted by Gasteiger charge is -2.29. The van der Waals surface area contributed by atoms with Gasteiger partial charge in [0.2, 0.25) is 0 Å². The molecule has 0 radical (unpaired) electrons. The predicted octanol–water partition coefficient (Wildman–Crippen LogP) is 0.576. The Kier molecular flexibility index (Phi) is 9.56. The van der Waals surface area contributed by atoms with Gasteiger partial charge in [-0.25, -0.2) is 0 Å².